The molecule has 1 fully saturated rings. The molecule has 17 heteroatoms. The van der Waals surface area contributed by atoms with Crippen molar-refractivity contribution in [1.29, 1.82) is 0 Å². The number of aliphatic hydroxyl groups is 2. The first-order chi connectivity index (χ1) is 20.0. The average Bonchev–Trinajstić information content (AvgIpc) is 2.89. The number of carbonyl (C=O) groups is 1. The highest BCUT2D eigenvalue weighted by Crippen LogP contribution is 2.50. The molecule has 0 radical (unpaired) electrons. The number of benzene rings is 2. The molecule has 1 unspecified atom stereocenters. The molecule has 1 aliphatic heterocycles. The first kappa shape index (κ1) is 35.3. The van der Waals surface area contributed by atoms with E-state index < -0.39 is 65.2 Å². The zero-order valence-corrected chi connectivity index (χ0v) is 22.9. The summed E-state index contributed by atoms with van der Waals surface area (Å²) in [5.74, 6) is -2.06. The van der Waals surface area contributed by atoms with Crippen LogP contribution >= 0.6 is 0 Å². The van der Waals surface area contributed by atoms with E-state index in [1.54, 1.807) is 5.32 Å². The normalized spacial score (nSPS) is 17.3. The Morgan fingerprint density at radius 1 is 0.864 bits per heavy atom. The first-order valence-electron chi connectivity index (χ1n) is 13.0. The first-order valence-corrected chi connectivity index (χ1v) is 13.0. The van der Waals surface area contributed by atoms with Crippen molar-refractivity contribution in [2.24, 2.45) is 5.92 Å². The van der Waals surface area contributed by atoms with E-state index in [1.165, 1.54) is 0 Å². The monoisotopic (exact) mass is 651 g/mol. The van der Waals surface area contributed by atoms with Crippen LogP contribution in [0.3, 0.4) is 0 Å². The SMILES string of the molecule is CC(O)(CNC(=O)Nc1cc(F)c(CC2CCN(Cc3ccc(C(O)(C(F)(F)F)C(F)(F)F)cc3)CC2)cc1F)C(F)(F)F. The molecule has 1 saturated heterocycles. The second-order valence-electron chi connectivity index (χ2n) is 10.8. The molecule has 0 aromatic heterocycles. The van der Waals surface area contributed by atoms with Crippen molar-refractivity contribution in [2.75, 3.05) is 25.0 Å². The maximum absolute atomic E-state index is 14.7. The molecular formula is C27H28F11N3O3. The standard InChI is InChI=1S/C27H28F11N3O3/c1-23(43,25(30,31)32)14-39-22(42)40-21-12-19(28)17(11-20(21)29)10-15-6-8-41(9-7-15)13-16-2-4-18(5-3-16)24(44,26(33,34)35)27(36,37)38/h2-5,11-12,15,43-44H,6-10,13-14H2,1H3,(H2,39,40,42). The van der Waals surface area contributed by atoms with Crippen LogP contribution < -0.4 is 10.6 Å². The fraction of sp³-hybridized carbons (Fsp3) is 0.519. The van der Waals surface area contributed by atoms with E-state index in [0.29, 0.717) is 56.6 Å². The van der Waals surface area contributed by atoms with Gasteiger partial charge in [-0.25, -0.2) is 13.6 Å². The molecule has 0 bridgehead atoms. The van der Waals surface area contributed by atoms with E-state index in [1.807, 2.05) is 10.2 Å². The van der Waals surface area contributed by atoms with E-state index in [4.69, 9.17) is 0 Å². The Hall–Kier alpha value is -3.18. The Labute approximate surface area is 243 Å². The molecular weight excluding hydrogens is 623 g/mol. The molecule has 3 rings (SSSR count). The maximum atomic E-state index is 14.7. The molecule has 1 aliphatic rings. The lowest BCUT2D eigenvalue weighted by atomic mass is 9.89. The summed E-state index contributed by atoms with van der Waals surface area (Å²) in [6.07, 6.45) is -16.0. The highest BCUT2D eigenvalue weighted by atomic mass is 19.4. The number of hydrogen-bond acceptors (Lipinski definition) is 4. The third kappa shape index (κ3) is 7.90. The van der Waals surface area contributed by atoms with E-state index >= 15 is 0 Å². The molecule has 2 amide bonds. The van der Waals surface area contributed by atoms with Crippen molar-refractivity contribution in [3.8, 4) is 0 Å². The Kier molecular flexibility index (Phi) is 10.2. The summed E-state index contributed by atoms with van der Waals surface area (Å²) in [6.45, 7) is 0.203. The predicted octanol–water partition coefficient (Wildman–Crippen LogP) is 6.17. The van der Waals surface area contributed by atoms with Crippen LogP contribution in [0.1, 0.15) is 36.5 Å². The Morgan fingerprint density at radius 2 is 1.41 bits per heavy atom. The summed E-state index contributed by atoms with van der Waals surface area (Å²) < 4.78 is 146. The van der Waals surface area contributed by atoms with Crippen molar-refractivity contribution in [3.63, 3.8) is 0 Å². The minimum absolute atomic E-state index is 0.0238. The number of likely N-dealkylation sites (tertiary alicyclic amines) is 1. The molecule has 0 saturated carbocycles. The summed E-state index contributed by atoms with van der Waals surface area (Å²) in [6, 6.07) is 3.44. The number of anilines is 1. The molecule has 4 N–H and O–H groups in total. The fourth-order valence-corrected chi connectivity index (χ4v) is 4.62. The van der Waals surface area contributed by atoms with Crippen LogP contribution in [0.25, 0.3) is 0 Å². The molecule has 2 aromatic rings. The van der Waals surface area contributed by atoms with Crippen molar-refractivity contribution in [1.82, 2.24) is 10.2 Å². The van der Waals surface area contributed by atoms with Gasteiger partial charge in [0, 0.05) is 18.2 Å². The van der Waals surface area contributed by atoms with Crippen molar-refractivity contribution in [3.05, 3.63) is 64.7 Å². The number of nitrogens with one attached hydrogen (secondary N) is 2. The largest absolute Gasteiger partial charge is 0.430 e. The summed E-state index contributed by atoms with van der Waals surface area (Å²) in [5.41, 5.74) is -9.92. The predicted molar refractivity (Wildman–Crippen MR) is 134 cm³/mol. The molecule has 2 aromatic carbocycles. The van der Waals surface area contributed by atoms with Crippen LogP contribution in [0.4, 0.5) is 58.8 Å². The van der Waals surface area contributed by atoms with E-state index in [-0.39, 0.29) is 24.4 Å². The number of rotatable bonds is 8. The zero-order valence-electron chi connectivity index (χ0n) is 22.9. The minimum atomic E-state index is -5.99. The average molecular weight is 652 g/mol. The zero-order chi connectivity index (χ0) is 33.3. The molecule has 0 spiro atoms. The topological polar surface area (TPSA) is 84.8 Å². The van der Waals surface area contributed by atoms with Crippen molar-refractivity contribution in [2.45, 2.75) is 62.5 Å². The van der Waals surface area contributed by atoms with Crippen LogP contribution in [0.2, 0.25) is 0 Å². The van der Waals surface area contributed by atoms with Crippen LogP contribution in [0.5, 0.6) is 0 Å². The number of carbonyl (C=O) groups excluding carboxylic acids is 1. The number of piperidine rings is 1. The van der Waals surface area contributed by atoms with Gasteiger partial charge in [0.1, 0.15) is 11.6 Å². The van der Waals surface area contributed by atoms with Crippen molar-refractivity contribution >= 4 is 11.7 Å². The van der Waals surface area contributed by atoms with Gasteiger partial charge in [0.15, 0.2) is 5.60 Å². The van der Waals surface area contributed by atoms with Gasteiger partial charge < -0.3 is 20.8 Å². The van der Waals surface area contributed by atoms with E-state index in [0.717, 1.165) is 18.2 Å². The van der Waals surface area contributed by atoms with E-state index in [2.05, 4.69) is 0 Å². The number of hydrogen-bond donors (Lipinski definition) is 4. The third-order valence-electron chi connectivity index (χ3n) is 7.40. The van der Waals surface area contributed by atoms with Gasteiger partial charge in [-0.3, -0.25) is 4.90 Å². The number of nitrogens with zero attached hydrogens (tertiary/aromatic N) is 1. The van der Waals surface area contributed by atoms with Gasteiger partial charge in [0.25, 0.3) is 5.60 Å². The Balaban J connectivity index is 1.55. The van der Waals surface area contributed by atoms with Crippen LogP contribution in [-0.4, -0.2) is 64.9 Å². The lowest BCUT2D eigenvalue weighted by molar-refractivity contribution is -0.376. The van der Waals surface area contributed by atoms with E-state index in [9.17, 15) is 63.3 Å². The van der Waals surface area contributed by atoms with Crippen LogP contribution in [0.15, 0.2) is 36.4 Å². The second-order valence-corrected chi connectivity index (χ2v) is 10.8. The summed E-state index contributed by atoms with van der Waals surface area (Å²) in [4.78, 5) is 13.7. The van der Waals surface area contributed by atoms with Gasteiger partial charge in [-0.2, -0.15) is 39.5 Å². The number of alkyl halides is 9. The van der Waals surface area contributed by atoms with Crippen molar-refractivity contribution < 1.29 is 63.3 Å². The Bertz CT molecular complexity index is 1290. The highest BCUT2D eigenvalue weighted by Gasteiger charge is 2.71. The molecule has 6 nitrogen and oxygen atoms in total. The highest BCUT2D eigenvalue weighted by molar-refractivity contribution is 5.89. The lowest BCUT2D eigenvalue weighted by Gasteiger charge is -2.33. The molecule has 1 atom stereocenters. The van der Waals surface area contributed by atoms with Crippen LogP contribution in [-0.2, 0) is 18.6 Å². The fourth-order valence-electron chi connectivity index (χ4n) is 4.62. The molecule has 0 aliphatic carbocycles. The smallest absolute Gasteiger partial charge is 0.379 e. The second kappa shape index (κ2) is 12.7. The summed E-state index contributed by atoms with van der Waals surface area (Å²) in [7, 11) is 0. The Morgan fingerprint density at radius 3 is 1.91 bits per heavy atom. The van der Waals surface area contributed by atoms with Gasteiger partial charge in [-0.1, -0.05) is 24.3 Å². The maximum Gasteiger partial charge on any atom is 0.430 e. The number of amides is 2. The number of urea groups is 1. The van der Waals surface area contributed by atoms with Crippen LogP contribution in [0, 0.1) is 17.6 Å². The minimum Gasteiger partial charge on any atom is -0.379 e. The molecule has 1 heterocycles. The number of halogens is 11. The third-order valence-corrected chi connectivity index (χ3v) is 7.40. The molecule has 246 valence electrons. The quantitative estimate of drug-likeness (QED) is 0.258. The van der Waals surface area contributed by atoms with Gasteiger partial charge in [0.05, 0.1) is 12.2 Å². The summed E-state index contributed by atoms with van der Waals surface area (Å²) in [5, 5.41) is 22.5. The lowest BCUT2D eigenvalue weighted by Crippen LogP contribution is -2.53. The van der Waals surface area contributed by atoms with Gasteiger partial charge in [-0.05, 0) is 62.4 Å². The van der Waals surface area contributed by atoms with Gasteiger partial charge in [0.2, 0.25) is 0 Å². The summed E-state index contributed by atoms with van der Waals surface area (Å²) >= 11 is 0. The molecule has 44 heavy (non-hydrogen) atoms. The van der Waals surface area contributed by atoms with Gasteiger partial charge >= 0.3 is 24.6 Å². The van der Waals surface area contributed by atoms with Gasteiger partial charge in [-0.15, -0.1) is 0 Å².